The third-order valence-electron chi connectivity index (χ3n) is 10.2. The van der Waals surface area contributed by atoms with Gasteiger partial charge in [0, 0.05) is 48.7 Å². The van der Waals surface area contributed by atoms with E-state index in [1.807, 2.05) is 6.07 Å². The largest absolute Gasteiger partial charge is 0.383 e. The Morgan fingerprint density at radius 2 is 1.68 bits per heavy atom. The van der Waals surface area contributed by atoms with Crippen LogP contribution in [0.25, 0.3) is 0 Å². The van der Waals surface area contributed by atoms with E-state index < -0.39 is 11.7 Å². The molecule has 2 heterocycles. The fraction of sp³-hybridized carbons (Fsp3) is 0.514. The van der Waals surface area contributed by atoms with Gasteiger partial charge in [-0.3, -0.25) is 9.59 Å². The normalized spacial score (nSPS) is 24.2. The predicted molar refractivity (Wildman–Crippen MR) is 175 cm³/mol. The van der Waals surface area contributed by atoms with Crippen molar-refractivity contribution >= 4 is 23.2 Å². The van der Waals surface area contributed by atoms with E-state index in [4.69, 9.17) is 0 Å². The number of likely N-dealkylation sites (tertiary alicyclic amines) is 1. The van der Waals surface area contributed by atoms with Gasteiger partial charge in [-0.15, -0.1) is 0 Å². The molecule has 3 fully saturated rings. The molecule has 4 aliphatic rings. The smallest absolute Gasteiger partial charge is 0.257 e. The Morgan fingerprint density at radius 1 is 0.886 bits per heavy atom. The number of hydrogen-bond acceptors (Lipinski definition) is 4. The Morgan fingerprint density at radius 3 is 2.41 bits per heavy atom. The lowest BCUT2D eigenvalue weighted by atomic mass is 9.77. The molecule has 0 radical (unpaired) electrons. The van der Waals surface area contributed by atoms with Crippen LogP contribution in [0.2, 0.25) is 0 Å². The molecule has 234 valence electrons. The first-order chi connectivity index (χ1) is 21.4. The van der Waals surface area contributed by atoms with E-state index in [9.17, 15) is 9.59 Å². The van der Waals surface area contributed by atoms with Gasteiger partial charge < -0.3 is 20.4 Å². The molecule has 2 unspecified atom stereocenters. The number of carbonyl (C=O) groups excluding carboxylic acids is 2. The maximum absolute atomic E-state index is 15.1. The molecule has 2 aromatic carbocycles. The molecule has 2 aliphatic heterocycles. The Bertz CT molecular complexity index is 1400. The van der Waals surface area contributed by atoms with Crippen LogP contribution in [0.5, 0.6) is 0 Å². The molecule has 2 aromatic rings. The van der Waals surface area contributed by atoms with Gasteiger partial charge in [-0.05, 0) is 94.2 Å². The van der Waals surface area contributed by atoms with Crippen molar-refractivity contribution in [2.75, 3.05) is 29.9 Å². The Hall–Kier alpha value is -3.61. The zero-order valence-corrected chi connectivity index (χ0v) is 26.3. The molecule has 0 bridgehead atoms. The summed E-state index contributed by atoms with van der Waals surface area (Å²) in [5, 5.41) is 6.94. The average molecular weight is 599 g/mol. The summed E-state index contributed by atoms with van der Waals surface area (Å²) < 4.78 is 15.1. The van der Waals surface area contributed by atoms with Crippen molar-refractivity contribution in [3.05, 3.63) is 82.8 Å². The quantitative estimate of drug-likeness (QED) is 0.352. The minimum Gasteiger partial charge on any atom is -0.383 e. The number of halogens is 1. The zero-order valence-electron chi connectivity index (χ0n) is 26.3. The van der Waals surface area contributed by atoms with E-state index in [1.165, 1.54) is 62.3 Å². The lowest BCUT2D eigenvalue weighted by Gasteiger charge is -2.44. The van der Waals surface area contributed by atoms with Gasteiger partial charge in [0.25, 0.3) is 5.91 Å². The SMILES string of the molecule is Cc1ccc(NC(=O)C2CCCN(C(=O)c3c(C)cccc3F)C2[C@@H]2C=CC(NC3CCCCC3)=CC2)cc1N1CCCC1. The topological polar surface area (TPSA) is 64.7 Å². The number of nitrogens with one attached hydrogen (secondary N) is 2. The van der Waals surface area contributed by atoms with Gasteiger partial charge in [0.15, 0.2) is 0 Å². The van der Waals surface area contributed by atoms with Gasteiger partial charge in [0.05, 0.1) is 17.5 Å². The summed E-state index contributed by atoms with van der Waals surface area (Å²) in [6.07, 6.45) is 17.2. The van der Waals surface area contributed by atoms with Crippen LogP contribution in [0.4, 0.5) is 15.8 Å². The second-order valence-corrected chi connectivity index (χ2v) is 13.3. The monoisotopic (exact) mass is 598 g/mol. The maximum atomic E-state index is 15.1. The van der Waals surface area contributed by atoms with Crippen LogP contribution < -0.4 is 15.5 Å². The van der Waals surface area contributed by atoms with E-state index in [2.05, 4.69) is 52.8 Å². The van der Waals surface area contributed by atoms with Crippen LogP contribution >= 0.6 is 0 Å². The number of amides is 2. The fourth-order valence-corrected chi connectivity index (χ4v) is 7.82. The van der Waals surface area contributed by atoms with Gasteiger partial charge >= 0.3 is 0 Å². The van der Waals surface area contributed by atoms with E-state index in [1.54, 1.807) is 24.0 Å². The van der Waals surface area contributed by atoms with Crippen molar-refractivity contribution in [3.8, 4) is 0 Å². The number of carbonyl (C=O) groups is 2. The molecule has 44 heavy (non-hydrogen) atoms. The average Bonchev–Trinajstić information content (AvgIpc) is 3.57. The lowest BCUT2D eigenvalue weighted by Crippen LogP contribution is -2.55. The number of aryl methyl sites for hydroxylation is 2. The summed E-state index contributed by atoms with van der Waals surface area (Å²) in [6.45, 7) is 6.47. The Kier molecular flexibility index (Phi) is 9.39. The molecule has 2 N–H and O–H groups in total. The molecule has 7 heteroatoms. The Labute approximate surface area is 261 Å². The zero-order chi connectivity index (χ0) is 30.6. The molecular formula is C37H47FN4O2. The highest BCUT2D eigenvalue weighted by atomic mass is 19.1. The van der Waals surface area contributed by atoms with Crippen LogP contribution in [-0.2, 0) is 4.79 Å². The van der Waals surface area contributed by atoms with Crippen LogP contribution in [-0.4, -0.2) is 48.4 Å². The molecule has 0 aromatic heterocycles. The molecule has 1 saturated carbocycles. The van der Waals surface area contributed by atoms with Gasteiger partial charge in [0.1, 0.15) is 5.82 Å². The number of rotatable bonds is 7. The number of anilines is 2. The number of hydrogen-bond donors (Lipinski definition) is 2. The molecule has 2 aliphatic carbocycles. The van der Waals surface area contributed by atoms with E-state index >= 15 is 4.39 Å². The minimum absolute atomic E-state index is 0.0443. The van der Waals surface area contributed by atoms with Gasteiger partial charge in [0.2, 0.25) is 5.91 Å². The van der Waals surface area contributed by atoms with Crippen LogP contribution in [0, 0.1) is 31.5 Å². The molecule has 3 atom stereocenters. The number of nitrogens with zero attached hydrogens (tertiary/aromatic N) is 2. The summed E-state index contributed by atoms with van der Waals surface area (Å²) in [5.41, 5.74) is 5.02. The standard InChI is InChI=1S/C37H47FN4O2/c1-25-15-18-30(24-33(25)41-21-6-7-22-41)40-36(43)31-13-9-23-42(37(44)34-26(2)10-8-14-32(34)38)35(31)27-16-19-29(20-17-27)39-28-11-4-3-5-12-28/h8,10,14-16,18-20,24,27-28,31,35,39H,3-7,9,11-13,17,21-23H2,1-2H3,(H,40,43)/t27-,31?,35?/m1/s1. The molecule has 6 rings (SSSR count). The maximum Gasteiger partial charge on any atom is 0.257 e. The third-order valence-corrected chi connectivity index (χ3v) is 10.2. The summed E-state index contributed by atoms with van der Waals surface area (Å²) in [6, 6.07) is 11.0. The van der Waals surface area contributed by atoms with Gasteiger partial charge in [-0.25, -0.2) is 4.39 Å². The summed E-state index contributed by atoms with van der Waals surface area (Å²) in [4.78, 5) is 32.4. The lowest BCUT2D eigenvalue weighted by molar-refractivity contribution is -0.123. The molecule has 2 amide bonds. The van der Waals surface area contributed by atoms with Crippen molar-refractivity contribution in [1.29, 1.82) is 0 Å². The van der Waals surface area contributed by atoms with Gasteiger partial charge in [-0.1, -0.05) is 49.6 Å². The first kappa shape index (κ1) is 30.4. The van der Waals surface area contributed by atoms with Crippen molar-refractivity contribution in [2.24, 2.45) is 11.8 Å². The first-order valence-electron chi connectivity index (χ1n) is 16.8. The number of allylic oxidation sites excluding steroid dienone is 2. The highest BCUT2D eigenvalue weighted by Crippen LogP contribution is 2.37. The number of benzene rings is 2. The predicted octanol–water partition coefficient (Wildman–Crippen LogP) is 7.28. The van der Waals surface area contributed by atoms with Crippen LogP contribution in [0.3, 0.4) is 0 Å². The third kappa shape index (κ3) is 6.57. The van der Waals surface area contributed by atoms with Crippen LogP contribution in [0.15, 0.2) is 60.3 Å². The minimum atomic E-state index is -0.507. The second kappa shape index (κ2) is 13.6. The van der Waals surface area contributed by atoms with Crippen molar-refractivity contribution in [1.82, 2.24) is 10.2 Å². The summed E-state index contributed by atoms with van der Waals surface area (Å²) in [5.74, 6) is -1.35. The summed E-state index contributed by atoms with van der Waals surface area (Å²) in [7, 11) is 0. The summed E-state index contributed by atoms with van der Waals surface area (Å²) >= 11 is 0. The van der Waals surface area contributed by atoms with Crippen LogP contribution in [0.1, 0.15) is 85.7 Å². The molecule has 6 nitrogen and oxygen atoms in total. The highest BCUT2D eigenvalue weighted by Gasteiger charge is 2.43. The van der Waals surface area contributed by atoms with Gasteiger partial charge in [-0.2, -0.15) is 0 Å². The van der Waals surface area contributed by atoms with E-state index in [-0.39, 0.29) is 29.3 Å². The number of piperidine rings is 1. The molecular weight excluding hydrogens is 551 g/mol. The van der Waals surface area contributed by atoms with E-state index in [0.717, 1.165) is 30.9 Å². The second-order valence-electron chi connectivity index (χ2n) is 13.3. The molecule has 2 saturated heterocycles. The first-order valence-corrected chi connectivity index (χ1v) is 16.8. The molecule has 0 spiro atoms. The Balaban J connectivity index is 1.26. The fourth-order valence-electron chi connectivity index (χ4n) is 7.82. The van der Waals surface area contributed by atoms with Crippen molar-refractivity contribution in [2.45, 2.75) is 90.1 Å². The van der Waals surface area contributed by atoms with Crippen molar-refractivity contribution in [3.63, 3.8) is 0 Å². The van der Waals surface area contributed by atoms with Crippen molar-refractivity contribution < 1.29 is 14.0 Å². The van der Waals surface area contributed by atoms with E-state index in [0.29, 0.717) is 31.0 Å². The highest BCUT2D eigenvalue weighted by molar-refractivity contribution is 5.98.